The molecule has 26 heavy (non-hydrogen) atoms. The van der Waals surface area contributed by atoms with E-state index in [1.54, 1.807) is 6.92 Å². The molecule has 0 bridgehead atoms. The number of rotatable bonds is 5. The van der Waals surface area contributed by atoms with E-state index in [-0.39, 0.29) is 24.4 Å². The smallest absolute Gasteiger partial charge is 0.352 e. The van der Waals surface area contributed by atoms with Crippen LogP contribution in [-0.2, 0) is 16.0 Å². The summed E-state index contributed by atoms with van der Waals surface area (Å²) in [6.45, 7) is 3.60. The molecule has 1 aromatic heterocycles. The number of aliphatic carboxylic acids is 1. The Kier molecular flexibility index (Phi) is 4.38. The lowest BCUT2D eigenvalue weighted by atomic mass is 9.92. The predicted molar refractivity (Wildman–Crippen MR) is 96.0 cm³/mol. The number of hydrogen-bond acceptors (Lipinski definition) is 3. The van der Waals surface area contributed by atoms with Gasteiger partial charge in [0.2, 0.25) is 0 Å². The van der Waals surface area contributed by atoms with Gasteiger partial charge in [-0.2, -0.15) is 0 Å². The molecule has 4 N–H and O–H groups in total. The Balaban J connectivity index is 2.19. The highest BCUT2D eigenvalue weighted by Crippen LogP contribution is 2.39. The van der Waals surface area contributed by atoms with E-state index in [9.17, 15) is 19.5 Å². The summed E-state index contributed by atoms with van der Waals surface area (Å²) in [4.78, 5) is 37.7. The molecule has 1 aliphatic rings. The van der Waals surface area contributed by atoms with Gasteiger partial charge in [0.05, 0.1) is 5.57 Å². The van der Waals surface area contributed by atoms with Gasteiger partial charge < -0.3 is 20.5 Å². The largest absolute Gasteiger partial charge is 0.481 e. The van der Waals surface area contributed by atoms with Gasteiger partial charge in [0, 0.05) is 29.4 Å². The van der Waals surface area contributed by atoms with Crippen molar-refractivity contribution < 1.29 is 24.6 Å². The normalized spacial score (nSPS) is 14.8. The molecule has 0 unspecified atom stereocenters. The number of aromatic amines is 1. The minimum Gasteiger partial charge on any atom is -0.481 e. The molecule has 7 heteroatoms. The Bertz CT molecular complexity index is 968. The molecule has 1 aromatic carbocycles. The van der Waals surface area contributed by atoms with E-state index in [4.69, 9.17) is 5.11 Å². The van der Waals surface area contributed by atoms with Crippen molar-refractivity contribution in [2.45, 2.75) is 26.7 Å². The molecular formula is C19H18N2O5. The van der Waals surface area contributed by atoms with E-state index >= 15 is 0 Å². The number of carboxylic acid groups (broad SMARTS) is 2. The Morgan fingerprint density at radius 2 is 1.92 bits per heavy atom. The molecule has 0 fully saturated rings. The van der Waals surface area contributed by atoms with E-state index in [0.29, 0.717) is 33.5 Å². The first-order chi connectivity index (χ1) is 12.3. The van der Waals surface area contributed by atoms with E-state index in [2.05, 4.69) is 10.3 Å². The maximum atomic E-state index is 12.5. The molecule has 0 saturated heterocycles. The third kappa shape index (κ3) is 2.99. The summed E-state index contributed by atoms with van der Waals surface area (Å²) in [5.41, 5.74) is 4.16. The minimum absolute atomic E-state index is 0.0516. The molecule has 1 amide bonds. The Morgan fingerprint density at radius 3 is 2.58 bits per heavy atom. The third-order valence-corrected chi connectivity index (χ3v) is 4.45. The lowest BCUT2D eigenvalue weighted by molar-refractivity contribution is -0.137. The lowest BCUT2D eigenvalue weighted by Crippen LogP contribution is -2.08. The van der Waals surface area contributed by atoms with Crippen molar-refractivity contribution in [3.8, 4) is 0 Å². The van der Waals surface area contributed by atoms with E-state index in [1.807, 2.05) is 25.1 Å². The molecule has 134 valence electrons. The monoisotopic (exact) mass is 354 g/mol. The van der Waals surface area contributed by atoms with Gasteiger partial charge in [-0.25, -0.2) is 4.79 Å². The minimum atomic E-state index is -1.16. The molecular weight excluding hydrogens is 336 g/mol. The number of carbonyl (C=O) groups excluding carboxylic acids is 1. The third-order valence-electron chi connectivity index (χ3n) is 4.45. The molecule has 2 aromatic rings. The van der Waals surface area contributed by atoms with Gasteiger partial charge in [-0.05, 0) is 43.5 Å². The first kappa shape index (κ1) is 17.5. The highest BCUT2D eigenvalue weighted by atomic mass is 16.4. The Hall–Kier alpha value is -3.35. The number of allylic oxidation sites excluding steroid dienone is 1. The quantitative estimate of drug-likeness (QED) is 0.616. The number of aryl methyl sites for hydroxylation is 2. The number of fused-ring (bicyclic) bond motifs is 1. The fraction of sp³-hybridized carbons (Fsp3) is 0.211. The van der Waals surface area contributed by atoms with Gasteiger partial charge in [-0.3, -0.25) is 9.59 Å². The number of carboxylic acids is 2. The molecule has 0 spiro atoms. The highest BCUT2D eigenvalue weighted by Gasteiger charge is 2.29. The van der Waals surface area contributed by atoms with Gasteiger partial charge in [0.15, 0.2) is 0 Å². The van der Waals surface area contributed by atoms with Gasteiger partial charge >= 0.3 is 11.9 Å². The average Bonchev–Trinajstić information content (AvgIpc) is 3.12. The van der Waals surface area contributed by atoms with Crippen molar-refractivity contribution in [1.29, 1.82) is 0 Å². The summed E-state index contributed by atoms with van der Waals surface area (Å²) < 4.78 is 0. The summed E-state index contributed by atoms with van der Waals surface area (Å²) in [6, 6.07) is 5.56. The number of H-pyrrole nitrogens is 1. The van der Waals surface area contributed by atoms with Crippen molar-refractivity contribution in [1.82, 2.24) is 4.98 Å². The molecule has 1 aliphatic heterocycles. The number of hydrogen-bond donors (Lipinski definition) is 4. The molecule has 0 radical (unpaired) electrons. The van der Waals surface area contributed by atoms with Crippen LogP contribution in [0.1, 0.15) is 46.1 Å². The molecule has 7 nitrogen and oxygen atoms in total. The van der Waals surface area contributed by atoms with E-state index in [0.717, 1.165) is 5.56 Å². The number of amides is 1. The standard InChI is InChI=1S/C19H18N2O5/c1-9-3-5-13-12(7-9)16(18(24)21-13)10(2)15-11(4-6-14(22)23)8-20-17(15)19(25)26/h3,5,7-8,20H,4,6H2,1-2H3,(H,21,24)(H,22,23)(H,25,26). The first-order valence-electron chi connectivity index (χ1n) is 8.08. The van der Waals surface area contributed by atoms with Gasteiger partial charge in [0.1, 0.15) is 5.69 Å². The van der Waals surface area contributed by atoms with Crippen LogP contribution in [0.4, 0.5) is 5.69 Å². The summed E-state index contributed by atoms with van der Waals surface area (Å²) >= 11 is 0. The predicted octanol–water partition coefficient (Wildman–Crippen LogP) is 2.92. The molecule has 0 saturated carbocycles. The summed E-state index contributed by atoms with van der Waals surface area (Å²) in [7, 11) is 0. The highest BCUT2D eigenvalue weighted by molar-refractivity contribution is 6.37. The van der Waals surface area contributed by atoms with Gasteiger partial charge in [-0.1, -0.05) is 11.6 Å². The maximum absolute atomic E-state index is 12.5. The first-order valence-corrected chi connectivity index (χ1v) is 8.08. The zero-order valence-corrected chi connectivity index (χ0v) is 14.3. The van der Waals surface area contributed by atoms with Crippen molar-refractivity contribution in [3.05, 3.63) is 52.3 Å². The summed E-state index contributed by atoms with van der Waals surface area (Å²) in [5, 5.41) is 21.2. The van der Waals surface area contributed by atoms with Crippen LogP contribution in [0.15, 0.2) is 24.4 Å². The summed E-state index contributed by atoms with van der Waals surface area (Å²) in [5.74, 6) is -2.44. The number of anilines is 1. The SMILES string of the molecule is CC(=C1C(=O)Nc2ccc(C)cc21)c1c(CCC(=O)O)c[nH]c1C(=O)O. The van der Waals surface area contributed by atoms with Crippen LogP contribution >= 0.6 is 0 Å². The number of aromatic carboxylic acids is 1. The van der Waals surface area contributed by atoms with Crippen molar-refractivity contribution in [2.75, 3.05) is 5.32 Å². The van der Waals surface area contributed by atoms with Crippen LogP contribution in [-0.4, -0.2) is 33.0 Å². The van der Waals surface area contributed by atoms with Crippen LogP contribution in [0.5, 0.6) is 0 Å². The number of aromatic nitrogens is 1. The number of nitrogens with one attached hydrogen (secondary N) is 2. The van der Waals surface area contributed by atoms with Crippen molar-refractivity contribution >= 4 is 34.7 Å². The zero-order valence-electron chi connectivity index (χ0n) is 14.3. The van der Waals surface area contributed by atoms with E-state index < -0.39 is 11.9 Å². The average molecular weight is 354 g/mol. The fourth-order valence-electron chi connectivity index (χ4n) is 3.28. The zero-order chi connectivity index (χ0) is 19.0. The van der Waals surface area contributed by atoms with Crippen LogP contribution in [0, 0.1) is 6.92 Å². The number of carbonyl (C=O) groups is 3. The second-order valence-corrected chi connectivity index (χ2v) is 6.27. The molecule has 3 rings (SSSR count). The van der Waals surface area contributed by atoms with Crippen LogP contribution in [0.25, 0.3) is 11.1 Å². The summed E-state index contributed by atoms with van der Waals surface area (Å²) in [6.07, 6.45) is 1.53. The molecule has 2 heterocycles. The van der Waals surface area contributed by atoms with Gasteiger partial charge in [0.25, 0.3) is 5.91 Å². The van der Waals surface area contributed by atoms with Crippen LogP contribution in [0.2, 0.25) is 0 Å². The fourth-order valence-corrected chi connectivity index (χ4v) is 3.28. The van der Waals surface area contributed by atoms with Crippen molar-refractivity contribution in [3.63, 3.8) is 0 Å². The van der Waals surface area contributed by atoms with E-state index in [1.165, 1.54) is 6.20 Å². The molecule has 0 aliphatic carbocycles. The second kappa shape index (κ2) is 6.51. The second-order valence-electron chi connectivity index (χ2n) is 6.27. The lowest BCUT2D eigenvalue weighted by Gasteiger charge is -2.09. The maximum Gasteiger partial charge on any atom is 0.352 e. The van der Waals surface area contributed by atoms with Crippen LogP contribution < -0.4 is 5.32 Å². The molecule has 0 atom stereocenters. The Morgan fingerprint density at radius 1 is 1.19 bits per heavy atom. The van der Waals surface area contributed by atoms with Crippen molar-refractivity contribution in [2.24, 2.45) is 0 Å². The Labute approximate surface area is 149 Å². The van der Waals surface area contributed by atoms with Gasteiger partial charge in [-0.15, -0.1) is 0 Å². The topological polar surface area (TPSA) is 119 Å². The van der Waals surface area contributed by atoms with Crippen LogP contribution in [0.3, 0.4) is 0 Å². The number of benzene rings is 1.